The molecule has 1 heterocycles. The average Bonchev–Trinajstić information content (AvgIpc) is 2.63. The number of rotatable bonds is 3. The summed E-state index contributed by atoms with van der Waals surface area (Å²) in [6, 6.07) is 2.88. The SMILES string of the molecule is NC(=O)[As]c1[nH]c2cc(C(F)(F)F)ccc2c1C(N)=O. The molecule has 0 aliphatic carbocycles. The van der Waals surface area contributed by atoms with E-state index in [0.717, 1.165) is 18.2 Å². The van der Waals surface area contributed by atoms with Crippen LogP contribution in [0.2, 0.25) is 0 Å². The van der Waals surface area contributed by atoms with E-state index < -0.39 is 38.1 Å². The molecule has 0 spiro atoms. The van der Waals surface area contributed by atoms with Crippen molar-refractivity contribution in [3.8, 4) is 0 Å². The third-order valence-corrected chi connectivity index (χ3v) is 4.21. The van der Waals surface area contributed by atoms with Gasteiger partial charge in [-0.1, -0.05) is 0 Å². The van der Waals surface area contributed by atoms with E-state index in [-0.39, 0.29) is 20.9 Å². The number of hydrogen-bond acceptors (Lipinski definition) is 2. The average molecular weight is 346 g/mol. The Bertz CT molecular complexity index is 709. The van der Waals surface area contributed by atoms with Gasteiger partial charge in [-0.3, -0.25) is 0 Å². The molecule has 2 aromatic rings. The van der Waals surface area contributed by atoms with E-state index in [1.807, 2.05) is 0 Å². The van der Waals surface area contributed by atoms with Crippen molar-refractivity contribution in [3.05, 3.63) is 29.3 Å². The third-order valence-electron chi connectivity index (χ3n) is 2.57. The van der Waals surface area contributed by atoms with Gasteiger partial charge in [0.05, 0.1) is 0 Å². The fraction of sp³-hybridized carbons (Fsp3) is 0.0909. The molecule has 5 nitrogen and oxygen atoms in total. The second-order valence-corrected chi connectivity index (χ2v) is 6.25. The summed E-state index contributed by atoms with van der Waals surface area (Å²) in [7, 11) is 0. The zero-order chi connectivity index (χ0) is 15.1. The summed E-state index contributed by atoms with van der Waals surface area (Å²) in [6.07, 6.45) is -4.50. The summed E-state index contributed by atoms with van der Waals surface area (Å²) in [6.45, 7) is 0. The van der Waals surface area contributed by atoms with E-state index in [4.69, 9.17) is 11.5 Å². The zero-order valence-electron chi connectivity index (χ0n) is 9.78. The van der Waals surface area contributed by atoms with Gasteiger partial charge >= 0.3 is 116 Å². The van der Waals surface area contributed by atoms with Crippen LogP contribution in [0.3, 0.4) is 0 Å². The first kappa shape index (κ1) is 14.5. The maximum atomic E-state index is 12.6. The predicted octanol–water partition coefficient (Wildman–Crippen LogP) is 0.694. The van der Waals surface area contributed by atoms with Gasteiger partial charge in [-0.05, 0) is 0 Å². The van der Waals surface area contributed by atoms with Gasteiger partial charge in [0.2, 0.25) is 0 Å². The van der Waals surface area contributed by atoms with Gasteiger partial charge in [0, 0.05) is 0 Å². The number of benzene rings is 1. The number of aromatic amines is 1. The van der Waals surface area contributed by atoms with E-state index in [9.17, 15) is 22.8 Å². The van der Waals surface area contributed by atoms with E-state index in [2.05, 4.69) is 4.98 Å². The van der Waals surface area contributed by atoms with Crippen LogP contribution in [0.1, 0.15) is 15.9 Å². The van der Waals surface area contributed by atoms with Crippen molar-refractivity contribution in [3.63, 3.8) is 0 Å². The molecule has 0 aliphatic rings. The molecule has 0 fully saturated rings. The van der Waals surface area contributed by atoms with Crippen LogP contribution in [-0.2, 0) is 6.18 Å². The summed E-state index contributed by atoms with van der Waals surface area (Å²) in [5.74, 6) is -0.817. The molecule has 1 aromatic heterocycles. The van der Waals surface area contributed by atoms with Crippen molar-refractivity contribution in [2.75, 3.05) is 0 Å². The summed E-state index contributed by atoms with van der Waals surface area (Å²) in [4.78, 5) is 25.0. The number of carbonyl (C=O) groups is 2. The Morgan fingerprint density at radius 3 is 2.35 bits per heavy atom. The second kappa shape index (κ2) is 4.86. The number of alkyl halides is 3. The molecule has 2 rings (SSSR count). The molecule has 0 saturated heterocycles. The molecule has 1 radical (unpaired) electrons. The van der Waals surface area contributed by atoms with Crippen LogP contribution in [0.15, 0.2) is 18.2 Å². The summed E-state index contributed by atoms with van der Waals surface area (Å²) >= 11 is -1.22. The number of hydrogen-bond donors (Lipinski definition) is 3. The monoisotopic (exact) mass is 346 g/mol. The Hall–Kier alpha value is -1.95. The van der Waals surface area contributed by atoms with E-state index in [1.165, 1.54) is 0 Å². The first-order valence-electron chi connectivity index (χ1n) is 5.24. The fourth-order valence-electron chi connectivity index (χ4n) is 1.80. The first-order valence-corrected chi connectivity index (χ1v) is 7.11. The van der Waals surface area contributed by atoms with Crippen LogP contribution in [0.4, 0.5) is 18.0 Å². The number of fused-ring (bicyclic) bond motifs is 1. The summed E-state index contributed by atoms with van der Waals surface area (Å²) < 4.78 is 37.4. The van der Waals surface area contributed by atoms with Crippen molar-refractivity contribution >= 4 is 41.7 Å². The molecular weight excluding hydrogens is 338 g/mol. The van der Waals surface area contributed by atoms with Crippen LogP contribution in [0.25, 0.3) is 10.9 Å². The Balaban J connectivity index is 2.67. The Morgan fingerprint density at radius 1 is 1.20 bits per heavy atom. The molecule has 9 heteroatoms. The number of primary amides is 2. The molecule has 0 bridgehead atoms. The van der Waals surface area contributed by atoms with Gasteiger partial charge in [0.15, 0.2) is 0 Å². The van der Waals surface area contributed by atoms with Gasteiger partial charge in [0.1, 0.15) is 0 Å². The van der Waals surface area contributed by atoms with Crippen molar-refractivity contribution in [2.24, 2.45) is 11.5 Å². The number of amides is 2. The number of nitrogens with two attached hydrogens (primary N) is 2. The molecule has 2 amide bonds. The summed E-state index contributed by atoms with van der Waals surface area (Å²) in [5, 5.41) is 0.247. The van der Waals surface area contributed by atoms with Crippen LogP contribution >= 0.6 is 0 Å². The van der Waals surface area contributed by atoms with Gasteiger partial charge < -0.3 is 0 Å². The molecule has 1 aromatic carbocycles. The van der Waals surface area contributed by atoms with Crippen molar-refractivity contribution in [1.29, 1.82) is 0 Å². The molecule has 0 saturated carbocycles. The number of halogens is 3. The molecule has 0 aliphatic heterocycles. The standard InChI is InChI=1S/C11H8AsF3N3O2/c13-11(14,15)4-1-2-5-6(3-4)18-8(12-10(17)20)7(5)9(16)19/h1-3,18H,(H2,16,19)(H2,17,20). The van der Waals surface area contributed by atoms with Gasteiger partial charge in [0.25, 0.3) is 0 Å². The predicted molar refractivity (Wildman–Crippen MR) is 66.8 cm³/mol. The minimum atomic E-state index is -4.50. The number of nitrogens with one attached hydrogen (secondary N) is 1. The van der Waals surface area contributed by atoms with E-state index in [0.29, 0.717) is 0 Å². The quantitative estimate of drug-likeness (QED) is 0.712. The van der Waals surface area contributed by atoms with Crippen LogP contribution in [0, 0.1) is 0 Å². The molecule has 0 atom stereocenters. The molecule has 105 valence electrons. The van der Waals surface area contributed by atoms with Crippen LogP contribution < -0.4 is 15.9 Å². The maximum absolute atomic E-state index is 12.6. The van der Waals surface area contributed by atoms with Gasteiger partial charge in [-0.15, -0.1) is 0 Å². The van der Waals surface area contributed by atoms with Crippen LogP contribution in [-0.4, -0.2) is 31.3 Å². The Morgan fingerprint density at radius 2 is 1.85 bits per heavy atom. The summed E-state index contributed by atoms with van der Waals surface area (Å²) in [5.41, 5.74) is 9.53. The topological polar surface area (TPSA) is 102 Å². The molecular formula is C11H8AsF3N3O2. The first-order chi connectivity index (χ1) is 9.20. The Labute approximate surface area is 117 Å². The number of carbonyl (C=O) groups excluding carboxylic acids is 2. The second-order valence-electron chi connectivity index (χ2n) is 3.92. The molecule has 0 unspecified atom stereocenters. The van der Waals surface area contributed by atoms with Gasteiger partial charge in [-0.25, -0.2) is 0 Å². The van der Waals surface area contributed by atoms with Crippen molar-refractivity contribution in [2.45, 2.75) is 6.18 Å². The van der Waals surface area contributed by atoms with Crippen LogP contribution in [0.5, 0.6) is 0 Å². The minimum absolute atomic E-state index is 0.0209. The van der Waals surface area contributed by atoms with Crippen molar-refractivity contribution < 1.29 is 22.8 Å². The normalized spacial score (nSPS) is 12.3. The Kier molecular flexibility index (Phi) is 3.52. The van der Waals surface area contributed by atoms with E-state index in [1.54, 1.807) is 0 Å². The van der Waals surface area contributed by atoms with E-state index >= 15 is 0 Å². The third kappa shape index (κ3) is 2.65. The van der Waals surface area contributed by atoms with Gasteiger partial charge in [-0.2, -0.15) is 0 Å². The number of H-pyrrole nitrogens is 1. The van der Waals surface area contributed by atoms with Crippen molar-refractivity contribution in [1.82, 2.24) is 4.98 Å². The number of aromatic nitrogens is 1. The zero-order valence-corrected chi connectivity index (χ0v) is 11.7. The fourth-order valence-corrected chi connectivity index (χ4v) is 3.35. The molecule has 5 N–H and O–H groups in total. The molecule has 20 heavy (non-hydrogen) atoms.